The molecule has 0 unspecified atom stereocenters. The zero-order valence-electron chi connectivity index (χ0n) is 17.5. The van der Waals surface area contributed by atoms with Gasteiger partial charge in [0, 0.05) is 0 Å². The smallest absolute Gasteiger partial charge is 0.0991 e. The van der Waals surface area contributed by atoms with Crippen molar-refractivity contribution in [1.82, 2.24) is 0 Å². The molecule has 2 aliphatic rings. The third-order valence-corrected chi connectivity index (χ3v) is 7.54. The fourth-order valence-electron chi connectivity index (χ4n) is 5.61. The molecule has 0 amide bonds. The maximum absolute atomic E-state index is 8.90. The number of nitrogens with zero attached hydrogens (tertiary/aromatic N) is 1. The van der Waals surface area contributed by atoms with E-state index in [1.54, 1.807) is 0 Å². The van der Waals surface area contributed by atoms with Gasteiger partial charge in [-0.3, -0.25) is 0 Å². The lowest BCUT2D eigenvalue weighted by molar-refractivity contribution is 0.209. The molecule has 3 rings (SSSR count). The Kier molecular flexibility index (Phi) is 8.25. The molecular formula is C26H39N. The fraction of sp³-hybridized carbons (Fsp3) is 0.731. The predicted octanol–water partition coefficient (Wildman–Crippen LogP) is 7.68. The van der Waals surface area contributed by atoms with Crippen molar-refractivity contribution in [3.63, 3.8) is 0 Å². The van der Waals surface area contributed by atoms with E-state index in [4.69, 9.17) is 5.26 Å². The molecule has 0 aliphatic heterocycles. The molecular weight excluding hydrogens is 326 g/mol. The van der Waals surface area contributed by atoms with Crippen LogP contribution in [0.2, 0.25) is 0 Å². The summed E-state index contributed by atoms with van der Waals surface area (Å²) in [6.45, 7) is 2.34. The van der Waals surface area contributed by atoms with Crippen LogP contribution in [0.25, 0.3) is 0 Å². The number of hydrogen-bond donors (Lipinski definition) is 0. The molecule has 2 aliphatic carbocycles. The van der Waals surface area contributed by atoms with Gasteiger partial charge in [-0.1, -0.05) is 96.1 Å². The Balaban J connectivity index is 1.28. The van der Waals surface area contributed by atoms with Crippen LogP contribution < -0.4 is 0 Å². The summed E-state index contributed by atoms with van der Waals surface area (Å²) in [7, 11) is 0. The molecule has 0 aromatic heterocycles. The van der Waals surface area contributed by atoms with E-state index in [9.17, 15) is 0 Å². The largest absolute Gasteiger partial charge is 0.192 e. The standard InChI is InChI=1S/C26H39N/c1-2-3-21-4-6-22(7-5-21)8-9-23-10-12-24(13-11-23)14-15-25-16-18-26(20-27)19-17-25/h16-19,21-24H,2-15H2,1H3. The van der Waals surface area contributed by atoms with Crippen molar-refractivity contribution < 1.29 is 0 Å². The van der Waals surface area contributed by atoms with Crippen molar-refractivity contribution in [3.8, 4) is 6.07 Å². The lowest BCUT2D eigenvalue weighted by atomic mass is 9.74. The average molecular weight is 366 g/mol. The van der Waals surface area contributed by atoms with Crippen LogP contribution in [0.15, 0.2) is 24.3 Å². The van der Waals surface area contributed by atoms with Crippen molar-refractivity contribution in [1.29, 1.82) is 5.26 Å². The first kappa shape index (κ1) is 20.4. The summed E-state index contributed by atoms with van der Waals surface area (Å²) < 4.78 is 0. The number of aryl methyl sites for hydroxylation is 1. The molecule has 0 atom stereocenters. The van der Waals surface area contributed by atoms with Crippen molar-refractivity contribution in [3.05, 3.63) is 35.4 Å². The van der Waals surface area contributed by atoms with E-state index in [-0.39, 0.29) is 0 Å². The minimum atomic E-state index is 0.776. The van der Waals surface area contributed by atoms with Crippen LogP contribution in [-0.4, -0.2) is 0 Å². The molecule has 0 radical (unpaired) electrons. The molecule has 1 aromatic carbocycles. The normalized spacial score (nSPS) is 28.6. The highest BCUT2D eigenvalue weighted by Crippen LogP contribution is 2.38. The maximum atomic E-state index is 8.90. The van der Waals surface area contributed by atoms with Gasteiger partial charge in [-0.25, -0.2) is 0 Å². The van der Waals surface area contributed by atoms with E-state index in [2.05, 4.69) is 25.1 Å². The van der Waals surface area contributed by atoms with Crippen LogP contribution in [0.3, 0.4) is 0 Å². The summed E-state index contributed by atoms with van der Waals surface area (Å²) in [5.74, 6) is 4.05. The van der Waals surface area contributed by atoms with Crippen molar-refractivity contribution in [2.24, 2.45) is 23.7 Å². The Morgan fingerprint density at radius 2 is 1.15 bits per heavy atom. The first-order chi connectivity index (χ1) is 13.3. The molecule has 0 N–H and O–H groups in total. The molecule has 0 heterocycles. The fourth-order valence-corrected chi connectivity index (χ4v) is 5.61. The van der Waals surface area contributed by atoms with Gasteiger partial charge in [-0.2, -0.15) is 5.26 Å². The van der Waals surface area contributed by atoms with Crippen LogP contribution in [0.1, 0.15) is 102 Å². The highest BCUT2D eigenvalue weighted by molar-refractivity contribution is 5.31. The number of rotatable bonds is 8. The zero-order valence-corrected chi connectivity index (χ0v) is 17.5. The SMILES string of the molecule is CCCC1CCC(CCC2CCC(CCc3ccc(C#N)cc3)CC2)CC1. The maximum Gasteiger partial charge on any atom is 0.0991 e. The third kappa shape index (κ3) is 6.67. The van der Waals surface area contributed by atoms with E-state index in [1.165, 1.54) is 95.5 Å². The quantitative estimate of drug-likeness (QED) is 0.463. The summed E-state index contributed by atoms with van der Waals surface area (Å²) in [5, 5.41) is 8.90. The Labute approximate surface area is 167 Å². The zero-order chi connectivity index (χ0) is 18.9. The van der Waals surface area contributed by atoms with Gasteiger partial charge in [0.05, 0.1) is 11.6 Å². The second-order valence-corrected chi connectivity index (χ2v) is 9.49. The second-order valence-electron chi connectivity index (χ2n) is 9.49. The first-order valence-corrected chi connectivity index (χ1v) is 11.8. The summed E-state index contributed by atoms with van der Waals surface area (Å²) in [6, 6.07) is 10.4. The molecule has 148 valence electrons. The molecule has 0 saturated heterocycles. The van der Waals surface area contributed by atoms with Crippen LogP contribution in [-0.2, 0) is 6.42 Å². The highest BCUT2D eigenvalue weighted by Gasteiger charge is 2.24. The second kappa shape index (κ2) is 10.9. The van der Waals surface area contributed by atoms with Crippen LogP contribution in [0.5, 0.6) is 0 Å². The van der Waals surface area contributed by atoms with E-state index in [0.717, 1.165) is 29.2 Å². The average Bonchev–Trinajstić information content (AvgIpc) is 2.73. The molecule has 27 heavy (non-hydrogen) atoms. The molecule has 0 bridgehead atoms. The van der Waals surface area contributed by atoms with E-state index in [1.807, 2.05) is 12.1 Å². The topological polar surface area (TPSA) is 23.8 Å². The van der Waals surface area contributed by atoms with Crippen LogP contribution >= 0.6 is 0 Å². The Morgan fingerprint density at radius 3 is 1.59 bits per heavy atom. The van der Waals surface area contributed by atoms with E-state index < -0.39 is 0 Å². The molecule has 2 saturated carbocycles. The minimum absolute atomic E-state index is 0.776. The Hall–Kier alpha value is -1.29. The van der Waals surface area contributed by atoms with Crippen molar-refractivity contribution in [2.75, 3.05) is 0 Å². The number of benzene rings is 1. The molecule has 0 spiro atoms. The van der Waals surface area contributed by atoms with Gasteiger partial charge in [-0.05, 0) is 54.2 Å². The van der Waals surface area contributed by atoms with Gasteiger partial charge in [0.2, 0.25) is 0 Å². The van der Waals surface area contributed by atoms with Crippen LogP contribution in [0, 0.1) is 35.0 Å². The summed E-state index contributed by atoms with van der Waals surface area (Å²) in [6.07, 6.45) is 20.3. The number of nitriles is 1. The van der Waals surface area contributed by atoms with Gasteiger partial charge in [0.25, 0.3) is 0 Å². The Bertz CT molecular complexity index is 565. The summed E-state index contributed by atoms with van der Waals surface area (Å²) in [4.78, 5) is 0. The Morgan fingerprint density at radius 1 is 0.704 bits per heavy atom. The van der Waals surface area contributed by atoms with Crippen molar-refractivity contribution >= 4 is 0 Å². The van der Waals surface area contributed by atoms with Gasteiger partial charge in [-0.15, -0.1) is 0 Å². The lowest BCUT2D eigenvalue weighted by Crippen LogP contribution is -2.18. The first-order valence-electron chi connectivity index (χ1n) is 11.8. The monoisotopic (exact) mass is 365 g/mol. The predicted molar refractivity (Wildman–Crippen MR) is 115 cm³/mol. The highest BCUT2D eigenvalue weighted by atomic mass is 14.3. The van der Waals surface area contributed by atoms with Crippen molar-refractivity contribution in [2.45, 2.75) is 96.8 Å². The van der Waals surface area contributed by atoms with Gasteiger partial charge in [0.1, 0.15) is 0 Å². The van der Waals surface area contributed by atoms with Crippen LogP contribution in [0.4, 0.5) is 0 Å². The van der Waals surface area contributed by atoms with Gasteiger partial charge < -0.3 is 0 Å². The third-order valence-electron chi connectivity index (χ3n) is 7.54. The molecule has 1 aromatic rings. The summed E-state index contributed by atoms with van der Waals surface area (Å²) >= 11 is 0. The molecule has 1 heteroatoms. The number of hydrogen-bond acceptors (Lipinski definition) is 1. The molecule has 2 fully saturated rings. The molecule has 1 nitrogen and oxygen atoms in total. The van der Waals surface area contributed by atoms with Gasteiger partial charge in [0.15, 0.2) is 0 Å². The van der Waals surface area contributed by atoms with Gasteiger partial charge >= 0.3 is 0 Å². The lowest BCUT2D eigenvalue weighted by Gasteiger charge is -2.32. The minimum Gasteiger partial charge on any atom is -0.192 e. The van der Waals surface area contributed by atoms with E-state index in [0.29, 0.717) is 0 Å². The summed E-state index contributed by atoms with van der Waals surface area (Å²) in [5.41, 5.74) is 2.17. The van der Waals surface area contributed by atoms with E-state index >= 15 is 0 Å².